The molecular weight excluding hydrogens is 304 g/mol. The van der Waals surface area contributed by atoms with Crippen LogP contribution >= 0.6 is 11.6 Å². The summed E-state index contributed by atoms with van der Waals surface area (Å²) in [6.45, 7) is 1.66. The zero-order valence-corrected chi connectivity index (χ0v) is 11.6. The largest absolute Gasteiger partial charge is 0.379 e. The second kappa shape index (κ2) is 6.01. The molecule has 8 heteroatoms. The van der Waals surface area contributed by atoms with Crippen LogP contribution in [0.3, 0.4) is 0 Å². The summed E-state index contributed by atoms with van der Waals surface area (Å²) in [6.07, 6.45) is 0. The molecule has 1 heterocycles. The molecule has 5 nitrogen and oxygen atoms in total. The molecule has 0 bridgehead atoms. The molecule has 0 unspecified atom stereocenters. The monoisotopic (exact) mass is 313 g/mol. The van der Waals surface area contributed by atoms with Crippen LogP contribution in [0.1, 0.15) is 11.3 Å². The molecule has 0 atom stereocenters. The maximum Gasteiger partial charge on any atom is 0.305 e. The smallest absolute Gasteiger partial charge is 0.305 e. The van der Waals surface area contributed by atoms with Crippen molar-refractivity contribution in [3.8, 4) is 0 Å². The Morgan fingerprint density at radius 1 is 1.33 bits per heavy atom. The van der Waals surface area contributed by atoms with Gasteiger partial charge in [0, 0.05) is 24.2 Å². The molecule has 0 aliphatic carbocycles. The lowest BCUT2D eigenvalue weighted by atomic mass is 10.1. The Bertz CT molecular complexity index is 710. The number of hydrogen-bond acceptors (Lipinski definition) is 4. The van der Waals surface area contributed by atoms with Crippen LogP contribution in [-0.2, 0) is 6.54 Å². The Balaban J connectivity index is 2.23. The number of aromatic nitrogens is 1. The molecule has 1 aromatic carbocycles. The van der Waals surface area contributed by atoms with Gasteiger partial charge in [0.05, 0.1) is 16.3 Å². The summed E-state index contributed by atoms with van der Waals surface area (Å²) < 4.78 is 26.8. The van der Waals surface area contributed by atoms with Gasteiger partial charge in [-0.1, -0.05) is 11.6 Å². The first-order valence-electron chi connectivity index (χ1n) is 5.88. The summed E-state index contributed by atoms with van der Waals surface area (Å²) in [5.74, 6) is -2.06. The molecule has 110 valence electrons. The van der Waals surface area contributed by atoms with Gasteiger partial charge < -0.3 is 5.32 Å². The fourth-order valence-electron chi connectivity index (χ4n) is 1.76. The lowest BCUT2D eigenvalue weighted by molar-refractivity contribution is -0.387. The highest BCUT2D eigenvalue weighted by atomic mass is 35.5. The van der Waals surface area contributed by atoms with Crippen LogP contribution in [0.5, 0.6) is 0 Å². The molecule has 0 radical (unpaired) electrons. The molecule has 1 aromatic heterocycles. The third kappa shape index (κ3) is 3.43. The van der Waals surface area contributed by atoms with Crippen molar-refractivity contribution in [2.45, 2.75) is 13.5 Å². The van der Waals surface area contributed by atoms with E-state index in [1.807, 2.05) is 0 Å². The molecule has 0 amide bonds. The molecule has 0 saturated carbocycles. The van der Waals surface area contributed by atoms with E-state index < -0.39 is 22.2 Å². The van der Waals surface area contributed by atoms with Gasteiger partial charge in [-0.3, -0.25) is 10.1 Å². The minimum atomic E-state index is -1.20. The number of aryl methyl sites for hydroxylation is 1. The van der Waals surface area contributed by atoms with E-state index in [1.54, 1.807) is 19.1 Å². The van der Waals surface area contributed by atoms with Crippen molar-refractivity contribution in [2.75, 3.05) is 5.32 Å². The minimum absolute atomic E-state index is 0.0162. The Labute approximate surface area is 123 Å². The van der Waals surface area contributed by atoms with Crippen molar-refractivity contribution >= 4 is 23.0 Å². The highest BCUT2D eigenvalue weighted by Crippen LogP contribution is 2.23. The molecule has 2 aromatic rings. The molecule has 0 spiro atoms. The van der Waals surface area contributed by atoms with Crippen LogP contribution in [0, 0.1) is 28.7 Å². The van der Waals surface area contributed by atoms with Gasteiger partial charge in [0.2, 0.25) is 5.82 Å². The molecule has 0 fully saturated rings. The molecule has 1 N–H and O–H groups in total. The van der Waals surface area contributed by atoms with E-state index in [2.05, 4.69) is 10.3 Å². The Hall–Kier alpha value is -2.28. The van der Waals surface area contributed by atoms with Gasteiger partial charge in [0.1, 0.15) is 11.0 Å². The van der Waals surface area contributed by atoms with Crippen molar-refractivity contribution in [3.63, 3.8) is 0 Å². The highest BCUT2D eigenvalue weighted by molar-refractivity contribution is 6.29. The minimum Gasteiger partial charge on any atom is -0.379 e. The van der Waals surface area contributed by atoms with E-state index in [1.165, 1.54) is 0 Å². The third-order valence-electron chi connectivity index (χ3n) is 2.83. The van der Waals surface area contributed by atoms with E-state index in [0.29, 0.717) is 22.6 Å². The van der Waals surface area contributed by atoms with E-state index in [4.69, 9.17) is 11.6 Å². The van der Waals surface area contributed by atoms with Gasteiger partial charge >= 0.3 is 5.69 Å². The maximum absolute atomic E-state index is 13.6. The lowest BCUT2D eigenvalue weighted by Gasteiger charge is -2.10. The quantitative estimate of drug-likeness (QED) is 0.529. The number of rotatable bonds is 4. The van der Waals surface area contributed by atoms with Crippen molar-refractivity contribution < 1.29 is 13.7 Å². The van der Waals surface area contributed by atoms with E-state index >= 15 is 0 Å². The van der Waals surface area contributed by atoms with E-state index in [9.17, 15) is 18.9 Å². The lowest BCUT2D eigenvalue weighted by Crippen LogP contribution is -2.06. The molecule has 0 aliphatic heterocycles. The topological polar surface area (TPSA) is 68.1 Å². The normalized spacial score (nSPS) is 10.5. The van der Waals surface area contributed by atoms with Crippen LogP contribution in [0.15, 0.2) is 24.3 Å². The number of nitrogens with zero attached hydrogens (tertiary/aromatic N) is 2. The second-order valence-electron chi connectivity index (χ2n) is 4.27. The van der Waals surface area contributed by atoms with Gasteiger partial charge in [-0.05, 0) is 19.1 Å². The first-order chi connectivity index (χ1) is 9.88. The van der Waals surface area contributed by atoms with Crippen LogP contribution in [0.2, 0.25) is 5.15 Å². The predicted molar refractivity (Wildman–Crippen MR) is 74.3 cm³/mol. The summed E-state index contributed by atoms with van der Waals surface area (Å²) in [6, 6.07) is 4.58. The van der Waals surface area contributed by atoms with Crippen LogP contribution in [0.4, 0.5) is 20.2 Å². The van der Waals surface area contributed by atoms with E-state index in [-0.39, 0.29) is 12.1 Å². The number of anilines is 1. The summed E-state index contributed by atoms with van der Waals surface area (Å²) in [4.78, 5) is 13.8. The van der Waals surface area contributed by atoms with Crippen molar-refractivity contribution in [1.29, 1.82) is 0 Å². The SMILES string of the molecule is Cc1nc(Cl)ccc1NCc1cc([N+](=O)[O-])c(F)cc1F. The fourth-order valence-corrected chi connectivity index (χ4v) is 1.95. The molecule has 0 aliphatic rings. The average molecular weight is 314 g/mol. The summed E-state index contributed by atoms with van der Waals surface area (Å²) >= 11 is 5.72. The van der Waals surface area contributed by atoms with E-state index in [0.717, 1.165) is 6.07 Å². The highest BCUT2D eigenvalue weighted by Gasteiger charge is 2.18. The fraction of sp³-hybridized carbons (Fsp3) is 0.154. The number of nitro benzene ring substituents is 1. The Morgan fingerprint density at radius 3 is 2.67 bits per heavy atom. The number of hydrogen-bond donors (Lipinski definition) is 1. The number of nitrogens with one attached hydrogen (secondary N) is 1. The van der Waals surface area contributed by atoms with Gasteiger partial charge in [-0.15, -0.1) is 0 Å². The molecular formula is C13H10ClF2N3O2. The van der Waals surface area contributed by atoms with Gasteiger partial charge in [0.25, 0.3) is 0 Å². The van der Waals surface area contributed by atoms with Crippen LogP contribution in [0.25, 0.3) is 0 Å². The van der Waals surface area contributed by atoms with Crippen molar-refractivity contribution in [1.82, 2.24) is 4.98 Å². The van der Waals surface area contributed by atoms with Gasteiger partial charge in [-0.2, -0.15) is 4.39 Å². The van der Waals surface area contributed by atoms with Gasteiger partial charge in [-0.25, -0.2) is 9.37 Å². The second-order valence-corrected chi connectivity index (χ2v) is 4.66. The first kappa shape index (κ1) is 15.1. The number of nitro groups is 1. The summed E-state index contributed by atoms with van der Waals surface area (Å²) in [5.41, 5.74) is 0.418. The zero-order valence-electron chi connectivity index (χ0n) is 10.9. The summed E-state index contributed by atoms with van der Waals surface area (Å²) in [7, 11) is 0. The molecule has 2 rings (SSSR count). The maximum atomic E-state index is 13.6. The molecule has 21 heavy (non-hydrogen) atoms. The summed E-state index contributed by atoms with van der Waals surface area (Å²) in [5, 5.41) is 13.8. The number of benzene rings is 1. The van der Waals surface area contributed by atoms with Crippen LogP contribution in [-0.4, -0.2) is 9.91 Å². The predicted octanol–water partition coefficient (Wildman–Crippen LogP) is 3.84. The van der Waals surface area contributed by atoms with Crippen LogP contribution < -0.4 is 5.32 Å². The third-order valence-corrected chi connectivity index (χ3v) is 3.04. The number of pyridine rings is 1. The Morgan fingerprint density at radius 2 is 2.05 bits per heavy atom. The van der Waals surface area contributed by atoms with Gasteiger partial charge in [0.15, 0.2) is 0 Å². The van der Waals surface area contributed by atoms with Crippen molar-refractivity contribution in [2.24, 2.45) is 0 Å². The number of halogens is 3. The first-order valence-corrected chi connectivity index (χ1v) is 6.25. The average Bonchev–Trinajstić information content (AvgIpc) is 2.39. The molecule has 0 saturated heterocycles. The standard InChI is InChI=1S/C13H10ClF2N3O2/c1-7-11(2-3-13(14)18-7)17-6-8-4-12(19(20)21)10(16)5-9(8)15/h2-5,17H,6H2,1H3. The van der Waals surface area contributed by atoms with Crippen molar-refractivity contribution in [3.05, 3.63) is 62.4 Å². The zero-order chi connectivity index (χ0) is 15.6. The Kier molecular flexibility index (Phi) is 4.32.